The van der Waals surface area contributed by atoms with E-state index >= 15 is 0 Å². The van der Waals surface area contributed by atoms with Crippen LogP contribution >= 0.6 is 0 Å². The van der Waals surface area contributed by atoms with Crippen molar-refractivity contribution in [1.82, 2.24) is 10.2 Å². The lowest BCUT2D eigenvalue weighted by Gasteiger charge is -2.38. The van der Waals surface area contributed by atoms with Crippen LogP contribution in [0.4, 0.5) is 0 Å². The van der Waals surface area contributed by atoms with Gasteiger partial charge in [0.1, 0.15) is 0 Å². The van der Waals surface area contributed by atoms with Crippen LogP contribution in [0.25, 0.3) is 0 Å². The van der Waals surface area contributed by atoms with E-state index in [2.05, 4.69) is 54.5 Å². The molecule has 2 nitrogen and oxygen atoms in total. The molecule has 0 aliphatic carbocycles. The molecule has 1 aliphatic heterocycles. The molecule has 2 heteroatoms. The molecule has 16 heavy (non-hydrogen) atoms. The van der Waals surface area contributed by atoms with Gasteiger partial charge in [0, 0.05) is 25.2 Å². The first-order valence-electron chi connectivity index (χ1n) is 6.30. The van der Waals surface area contributed by atoms with E-state index in [0.29, 0.717) is 12.1 Å². The molecule has 1 N–H and O–H groups in total. The zero-order valence-corrected chi connectivity index (χ0v) is 10.3. The second-order valence-electron chi connectivity index (χ2n) is 4.75. The Labute approximate surface area is 98.7 Å². The summed E-state index contributed by atoms with van der Waals surface area (Å²) in [5.41, 5.74) is 1.41. The van der Waals surface area contributed by atoms with Crippen LogP contribution in [0.5, 0.6) is 0 Å². The second kappa shape index (κ2) is 5.46. The van der Waals surface area contributed by atoms with Crippen LogP contribution in [0.1, 0.15) is 31.4 Å². The summed E-state index contributed by atoms with van der Waals surface area (Å²) >= 11 is 0. The van der Waals surface area contributed by atoms with Gasteiger partial charge in [-0.3, -0.25) is 0 Å². The molecule has 2 rings (SSSR count). The molecule has 0 bridgehead atoms. The standard InChI is InChI=1S/C14H22N2/c1-3-7-13-10-15-14(11-16(13)2)12-8-5-4-6-9-12/h4-6,8-9,13-15H,3,7,10-11H2,1-2H3. The van der Waals surface area contributed by atoms with Gasteiger partial charge in [0.2, 0.25) is 0 Å². The highest BCUT2D eigenvalue weighted by Gasteiger charge is 2.24. The lowest BCUT2D eigenvalue weighted by Crippen LogP contribution is -2.50. The van der Waals surface area contributed by atoms with E-state index in [1.54, 1.807) is 0 Å². The third-order valence-electron chi connectivity index (χ3n) is 3.52. The van der Waals surface area contributed by atoms with E-state index in [1.807, 2.05) is 0 Å². The number of benzene rings is 1. The average Bonchev–Trinajstić information content (AvgIpc) is 2.33. The van der Waals surface area contributed by atoms with Crippen molar-refractivity contribution in [1.29, 1.82) is 0 Å². The summed E-state index contributed by atoms with van der Waals surface area (Å²) in [5.74, 6) is 0. The average molecular weight is 218 g/mol. The molecule has 0 saturated carbocycles. The number of piperazine rings is 1. The Kier molecular flexibility index (Phi) is 3.97. The van der Waals surface area contributed by atoms with Gasteiger partial charge in [-0.1, -0.05) is 43.7 Å². The van der Waals surface area contributed by atoms with Gasteiger partial charge in [0.25, 0.3) is 0 Å². The minimum absolute atomic E-state index is 0.499. The SMILES string of the molecule is CCCC1CNC(c2ccccc2)CN1C. The summed E-state index contributed by atoms with van der Waals surface area (Å²) in [4.78, 5) is 2.50. The van der Waals surface area contributed by atoms with Crippen molar-refractivity contribution >= 4 is 0 Å². The molecule has 2 unspecified atom stereocenters. The predicted octanol–water partition coefficient (Wildman–Crippen LogP) is 2.43. The zero-order valence-electron chi connectivity index (χ0n) is 10.3. The van der Waals surface area contributed by atoms with Crippen molar-refractivity contribution < 1.29 is 0 Å². The molecule has 0 radical (unpaired) electrons. The molecule has 88 valence electrons. The Morgan fingerprint density at radius 3 is 2.69 bits per heavy atom. The van der Waals surface area contributed by atoms with Crippen LogP contribution in [0.2, 0.25) is 0 Å². The highest BCUT2D eigenvalue weighted by Crippen LogP contribution is 2.20. The van der Waals surface area contributed by atoms with Gasteiger partial charge in [0.05, 0.1) is 0 Å². The molecule has 0 spiro atoms. The van der Waals surface area contributed by atoms with Gasteiger partial charge < -0.3 is 10.2 Å². The fourth-order valence-electron chi connectivity index (χ4n) is 2.50. The number of rotatable bonds is 3. The maximum Gasteiger partial charge on any atom is 0.0449 e. The Morgan fingerprint density at radius 2 is 2.06 bits per heavy atom. The molecular formula is C14H22N2. The molecule has 1 heterocycles. The van der Waals surface area contributed by atoms with Gasteiger partial charge in [-0.2, -0.15) is 0 Å². The van der Waals surface area contributed by atoms with Crippen molar-refractivity contribution in [3.8, 4) is 0 Å². The van der Waals surface area contributed by atoms with Gasteiger partial charge in [0.15, 0.2) is 0 Å². The van der Waals surface area contributed by atoms with Crippen LogP contribution in [0, 0.1) is 0 Å². The summed E-state index contributed by atoms with van der Waals surface area (Å²) in [5, 5.41) is 3.66. The summed E-state index contributed by atoms with van der Waals surface area (Å²) in [6.07, 6.45) is 2.57. The maximum absolute atomic E-state index is 3.66. The van der Waals surface area contributed by atoms with Gasteiger partial charge in [-0.25, -0.2) is 0 Å². The van der Waals surface area contributed by atoms with E-state index in [0.717, 1.165) is 13.1 Å². The minimum Gasteiger partial charge on any atom is -0.307 e. The van der Waals surface area contributed by atoms with Crippen molar-refractivity contribution in [3.05, 3.63) is 35.9 Å². The summed E-state index contributed by atoms with van der Waals surface area (Å²) in [6.45, 7) is 4.50. The Morgan fingerprint density at radius 1 is 1.31 bits per heavy atom. The minimum atomic E-state index is 0.499. The lowest BCUT2D eigenvalue weighted by molar-refractivity contribution is 0.155. The Bertz CT molecular complexity index is 310. The molecule has 0 aromatic heterocycles. The normalized spacial score (nSPS) is 26.9. The van der Waals surface area contributed by atoms with Gasteiger partial charge in [-0.05, 0) is 19.0 Å². The molecule has 1 aliphatic rings. The fourth-order valence-corrected chi connectivity index (χ4v) is 2.50. The number of nitrogens with one attached hydrogen (secondary N) is 1. The lowest BCUT2D eigenvalue weighted by atomic mass is 10.0. The van der Waals surface area contributed by atoms with Crippen LogP contribution in [0.3, 0.4) is 0 Å². The van der Waals surface area contributed by atoms with Crippen LogP contribution in [-0.4, -0.2) is 31.1 Å². The summed E-state index contributed by atoms with van der Waals surface area (Å²) in [7, 11) is 2.25. The first-order valence-corrected chi connectivity index (χ1v) is 6.30. The van der Waals surface area contributed by atoms with Crippen LogP contribution in [0.15, 0.2) is 30.3 Å². The monoisotopic (exact) mass is 218 g/mol. The molecular weight excluding hydrogens is 196 g/mol. The fraction of sp³-hybridized carbons (Fsp3) is 0.571. The number of nitrogens with zero attached hydrogens (tertiary/aromatic N) is 1. The predicted molar refractivity (Wildman–Crippen MR) is 68.5 cm³/mol. The van der Waals surface area contributed by atoms with Crippen molar-refractivity contribution in [3.63, 3.8) is 0 Å². The topological polar surface area (TPSA) is 15.3 Å². The Balaban J connectivity index is 1.97. The number of hydrogen-bond donors (Lipinski definition) is 1. The van der Waals surface area contributed by atoms with E-state index in [-0.39, 0.29) is 0 Å². The number of likely N-dealkylation sites (N-methyl/N-ethyl adjacent to an activating group) is 1. The number of hydrogen-bond acceptors (Lipinski definition) is 2. The highest BCUT2D eigenvalue weighted by atomic mass is 15.2. The second-order valence-corrected chi connectivity index (χ2v) is 4.75. The quantitative estimate of drug-likeness (QED) is 0.838. The molecule has 1 aromatic rings. The van der Waals surface area contributed by atoms with E-state index in [1.165, 1.54) is 18.4 Å². The highest BCUT2D eigenvalue weighted by molar-refractivity contribution is 5.20. The van der Waals surface area contributed by atoms with E-state index in [4.69, 9.17) is 0 Å². The first kappa shape index (κ1) is 11.6. The summed E-state index contributed by atoms with van der Waals surface area (Å²) < 4.78 is 0. The largest absolute Gasteiger partial charge is 0.307 e. The van der Waals surface area contributed by atoms with E-state index < -0.39 is 0 Å². The van der Waals surface area contributed by atoms with Crippen LogP contribution < -0.4 is 5.32 Å². The van der Waals surface area contributed by atoms with Gasteiger partial charge >= 0.3 is 0 Å². The Hall–Kier alpha value is -0.860. The molecule has 1 fully saturated rings. The third-order valence-corrected chi connectivity index (χ3v) is 3.52. The summed E-state index contributed by atoms with van der Waals surface area (Å²) in [6, 6.07) is 12.0. The first-order chi connectivity index (χ1) is 7.81. The van der Waals surface area contributed by atoms with E-state index in [9.17, 15) is 0 Å². The third kappa shape index (κ3) is 2.63. The van der Waals surface area contributed by atoms with Crippen molar-refractivity contribution in [2.45, 2.75) is 31.8 Å². The van der Waals surface area contributed by atoms with Gasteiger partial charge in [-0.15, -0.1) is 0 Å². The molecule has 2 atom stereocenters. The molecule has 1 aromatic carbocycles. The molecule has 0 amide bonds. The van der Waals surface area contributed by atoms with Crippen molar-refractivity contribution in [2.75, 3.05) is 20.1 Å². The smallest absolute Gasteiger partial charge is 0.0449 e. The van der Waals surface area contributed by atoms with Crippen LogP contribution in [-0.2, 0) is 0 Å². The zero-order chi connectivity index (χ0) is 11.4. The molecule has 1 saturated heterocycles. The van der Waals surface area contributed by atoms with Crippen molar-refractivity contribution in [2.24, 2.45) is 0 Å². The maximum atomic E-state index is 3.66.